The minimum Gasteiger partial charge on any atom is -0.383 e. The average Bonchev–Trinajstić information content (AvgIpc) is 3.09. The van der Waals surface area contributed by atoms with Gasteiger partial charge in [-0.3, -0.25) is 9.52 Å². The highest BCUT2D eigenvalue weighted by molar-refractivity contribution is 7.93. The number of benzene rings is 1. The minimum atomic E-state index is -3.73. The Hall–Kier alpha value is -1.97. The minimum absolute atomic E-state index is 0.128. The van der Waals surface area contributed by atoms with Crippen molar-refractivity contribution < 1.29 is 18.3 Å². The van der Waals surface area contributed by atoms with Gasteiger partial charge in [-0.15, -0.1) is 11.3 Å². The van der Waals surface area contributed by atoms with Crippen LogP contribution in [0.2, 0.25) is 0 Å². The topological polar surface area (TPSA) is 99.6 Å². The van der Waals surface area contributed by atoms with Crippen LogP contribution in [0.4, 0.5) is 10.8 Å². The molecule has 1 saturated heterocycles. The van der Waals surface area contributed by atoms with Crippen LogP contribution in [0.15, 0.2) is 34.7 Å². The number of rotatable bonds is 4. The molecule has 0 spiro atoms. The second-order valence-corrected chi connectivity index (χ2v) is 7.73. The third kappa shape index (κ3) is 3.07. The maximum atomic E-state index is 12.4. The fourth-order valence-corrected chi connectivity index (χ4v) is 4.48. The van der Waals surface area contributed by atoms with Crippen LogP contribution < -0.4 is 9.62 Å². The van der Waals surface area contributed by atoms with Crippen molar-refractivity contribution in [1.29, 1.82) is 0 Å². The first-order chi connectivity index (χ1) is 10.9. The van der Waals surface area contributed by atoms with Crippen LogP contribution in [-0.4, -0.2) is 37.1 Å². The fourth-order valence-electron chi connectivity index (χ4n) is 2.47. The highest BCUT2D eigenvalue weighted by atomic mass is 32.2. The molecule has 1 aliphatic heterocycles. The Kier molecular flexibility index (Phi) is 4.09. The van der Waals surface area contributed by atoms with Crippen molar-refractivity contribution in [2.75, 3.05) is 16.2 Å². The summed E-state index contributed by atoms with van der Waals surface area (Å²) in [6.45, 7) is 2.08. The highest BCUT2D eigenvalue weighted by Crippen LogP contribution is 2.27. The molecule has 122 valence electrons. The molecule has 1 amide bonds. The molecule has 23 heavy (non-hydrogen) atoms. The lowest BCUT2D eigenvalue weighted by Gasteiger charge is -2.18. The van der Waals surface area contributed by atoms with Crippen molar-refractivity contribution >= 4 is 38.1 Å². The number of aliphatic hydroxyl groups excluding tert-OH is 1. The predicted molar refractivity (Wildman–Crippen MR) is 87.1 cm³/mol. The van der Waals surface area contributed by atoms with E-state index in [0.717, 1.165) is 0 Å². The van der Waals surface area contributed by atoms with Crippen LogP contribution in [0.1, 0.15) is 12.0 Å². The summed E-state index contributed by atoms with van der Waals surface area (Å²) in [5, 5.41) is 11.5. The maximum Gasteiger partial charge on any atom is 0.263 e. The zero-order valence-electron chi connectivity index (χ0n) is 12.3. The van der Waals surface area contributed by atoms with Crippen molar-refractivity contribution in [3.05, 3.63) is 35.3 Å². The number of carbonyl (C=O) groups excluding carboxylic acids is 1. The van der Waals surface area contributed by atoms with E-state index in [2.05, 4.69) is 9.71 Å². The number of nitrogens with zero attached hydrogens (tertiary/aromatic N) is 2. The second-order valence-electron chi connectivity index (χ2n) is 5.19. The van der Waals surface area contributed by atoms with Gasteiger partial charge in [0.05, 0.1) is 4.90 Å². The summed E-state index contributed by atoms with van der Waals surface area (Å²) in [6.07, 6.45) is 0.914. The molecule has 0 bridgehead atoms. The molecule has 1 aromatic carbocycles. The Morgan fingerprint density at radius 1 is 1.43 bits per heavy atom. The molecule has 7 nitrogen and oxygen atoms in total. The first-order valence-corrected chi connectivity index (χ1v) is 9.27. The molecule has 9 heteroatoms. The van der Waals surface area contributed by atoms with Gasteiger partial charge >= 0.3 is 0 Å². The third-order valence-corrected chi connectivity index (χ3v) is 5.91. The number of amides is 1. The molecule has 0 radical (unpaired) electrons. The molecule has 0 aliphatic carbocycles. The monoisotopic (exact) mass is 353 g/mol. The quantitative estimate of drug-likeness (QED) is 0.864. The molecule has 2 N–H and O–H groups in total. The predicted octanol–water partition coefficient (Wildman–Crippen LogP) is 1.35. The van der Waals surface area contributed by atoms with Crippen LogP contribution in [0, 0.1) is 6.92 Å². The third-order valence-electron chi connectivity index (χ3n) is 3.59. The summed E-state index contributed by atoms with van der Waals surface area (Å²) in [6, 6.07) is 4.66. The van der Waals surface area contributed by atoms with E-state index in [1.54, 1.807) is 24.4 Å². The SMILES string of the molecule is Cc1cc(N2CCC(O)C2=O)ccc1S(=O)(=O)Nc1nccs1. The molecule has 1 unspecified atom stereocenters. The maximum absolute atomic E-state index is 12.4. The number of aliphatic hydroxyl groups is 1. The van der Waals surface area contributed by atoms with E-state index in [9.17, 15) is 18.3 Å². The normalized spacial score (nSPS) is 18.4. The number of sulfonamides is 1. The molecule has 1 atom stereocenters. The molecule has 2 aromatic rings. The number of aromatic nitrogens is 1. The lowest BCUT2D eigenvalue weighted by atomic mass is 10.2. The van der Waals surface area contributed by atoms with Crippen LogP contribution in [0.25, 0.3) is 0 Å². The average molecular weight is 353 g/mol. The first kappa shape index (κ1) is 15.9. The van der Waals surface area contributed by atoms with Crippen LogP contribution >= 0.6 is 11.3 Å². The number of aryl methyl sites for hydroxylation is 1. The Morgan fingerprint density at radius 3 is 2.78 bits per heavy atom. The largest absolute Gasteiger partial charge is 0.383 e. The van der Waals surface area contributed by atoms with Gasteiger partial charge in [-0.25, -0.2) is 13.4 Å². The van der Waals surface area contributed by atoms with Crippen LogP contribution in [-0.2, 0) is 14.8 Å². The van der Waals surface area contributed by atoms with E-state index < -0.39 is 16.1 Å². The standard InChI is InChI=1S/C14H15N3O4S2/c1-9-8-10(17-6-4-11(18)13(17)19)2-3-12(9)23(20,21)16-14-15-5-7-22-14/h2-3,5,7-8,11,18H,4,6H2,1H3,(H,15,16). The summed E-state index contributed by atoms with van der Waals surface area (Å²) in [5.41, 5.74) is 1.10. The summed E-state index contributed by atoms with van der Waals surface area (Å²) < 4.78 is 27.2. The second kappa shape index (κ2) is 5.91. The number of anilines is 2. The molecular formula is C14H15N3O4S2. The van der Waals surface area contributed by atoms with Crippen molar-refractivity contribution in [2.24, 2.45) is 0 Å². The Bertz CT molecular complexity index is 834. The number of carbonyl (C=O) groups is 1. The zero-order valence-corrected chi connectivity index (χ0v) is 13.9. The summed E-state index contributed by atoms with van der Waals surface area (Å²) in [5.74, 6) is -0.360. The molecule has 1 fully saturated rings. The molecule has 1 aliphatic rings. The van der Waals surface area contributed by atoms with Crippen molar-refractivity contribution in [1.82, 2.24) is 4.98 Å². The first-order valence-electron chi connectivity index (χ1n) is 6.91. The molecular weight excluding hydrogens is 338 g/mol. The number of thiazole rings is 1. The lowest BCUT2D eigenvalue weighted by Crippen LogP contribution is -2.29. The fraction of sp³-hybridized carbons (Fsp3) is 0.286. The number of hydrogen-bond donors (Lipinski definition) is 2. The molecule has 0 saturated carbocycles. The van der Waals surface area contributed by atoms with E-state index in [1.165, 1.54) is 28.5 Å². The van der Waals surface area contributed by atoms with Gasteiger partial charge in [0.15, 0.2) is 5.13 Å². The molecule has 1 aromatic heterocycles. The van der Waals surface area contributed by atoms with Gasteiger partial charge in [-0.2, -0.15) is 0 Å². The number of hydrogen-bond acceptors (Lipinski definition) is 6. The highest BCUT2D eigenvalue weighted by Gasteiger charge is 2.31. The van der Waals surface area contributed by atoms with Gasteiger partial charge in [0.25, 0.3) is 15.9 Å². The van der Waals surface area contributed by atoms with E-state index in [1.807, 2.05) is 0 Å². The van der Waals surface area contributed by atoms with Gasteiger partial charge in [0.1, 0.15) is 6.10 Å². The Labute approximate surface area is 137 Å². The summed E-state index contributed by atoms with van der Waals surface area (Å²) >= 11 is 1.19. The van der Waals surface area contributed by atoms with Gasteiger partial charge in [-0.05, 0) is 30.7 Å². The Morgan fingerprint density at radius 2 is 2.22 bits per heavy atom. The van der Waals surface area contributed by atoms with E-state index in [0.29, 0.717) is 29.3 Å². The molecule has 3 rings (SSSR count). The van der Waals surface area contributed by atoms with Gasteiger partial charge in [0, 0.05) is 30.2 Å². The van der Waals surface area contributed by atoms with E-state index in [-0.39, 0.29) is 10.8 Å². The van der Waals surface area contributed by atoms with E-state index >= 15 is 0 Å². The van der Waals surface area contributed by atoms with E-state index in [4.69, 9.17) is 0 Å². The lowest BCUT2D eigenvalue weighted by molar-refractivity contribution is -0.123. The summed E-state index contributed by atoms with van der Waals surface area (Å²) in [4.78, 5) is 17.3. The van der Waals surface area contributed by atoms with Gasteiger partial charge in [-0.1, -0.05) is 0 Å². The van der Waals surface area contributed by atoms with Crippen LogP contribution in [0.5, 0.6) is 0 Å². The summed E-state index contributed by atoms with van der Waals surface area (Å²) in [7, 11) is -3.73. The zero-order chi connectivity index (χ0) is 16.6. The Balaban J connectivity index is 1.89. The van der Waals surface area contributed by atoms with Gasteiger partial charge < -0.3 is 10.0 Å². The molecule has 2 heterocycles. The van der Waals surface area contributed by atoms with Crippen molar-refractivity contribution in [3.63, 3.8) is 0 Å². The van der Waals surface area contributed by atoms with Crippen molar-refractivity contribution in [3.8, 4) is 0 Å². The van der Waals surface area contributed by atoms with Gasteiger partial charge in [0.2, 0.25) is 0 Å². The number of nitrogens with one attached hydrogen (secondary N) is 1. The van der Waals surface area contributed by atoms with Crippen molar-refractivity contribution in [2.45, 2.75) is 24.3 Å². The van der Waals surface area contributed by atoms with Crippen LogP contribution in [0.3, 0.4) is 0 Å². The smallest absolute Gasteiger partial charge is 0.263 e.